The summed E-state index contributed by atoms with van der Waals surface area (Å²) in [6, 6.07) is 4.62. The van der Waals surface area contributed by atoms with Crippen molar-refractivity contribution in [3.63, 3.8) is 0 Å². The smallest absolute Gasteiger partial charge is 0.143 e. The Kier molecular flexibility index (Phi) is 4.34. The first-order valence-corrected chi connectivity index (χ1v) is 7.13. The van der Waals surface area contributed by atoms with Crippen LogP contribution in [0, 0.1) is 0 Å². The molecule has 4 heteroatoms. The van der Waals surface area contributed by atoms with E-state index in [1.54, 1.807) is 0 Å². The lowest BCUT2D eigenvalue weighted by Gasteiger charge is -2.22. The average molecular weight is 319 g/mol. The van der Waals surface area contributed by atoms with E-state index in [-0.39, 0.29) is 0 Å². The molecule has 0 aliphatic carbocycles. The zero-order valence-electron chi connectivity index (χ0n) is 10.1. The number of rotatable bonds is 2. The van der Waals surface area contributed by atoms with E-state index in [2.05, 4.69) is 35.1 Å². The molecule has 17 heavy (non-hydrogen) atoms. The molecule has 1 aliphatic heterocycles. The minimum Gasteiger partial charge on any atom is -0.492 e. The predicted octanol–water partition coefficient (Wildman–Crippen LogP) is 4.31. The van der Waals surface area contributed by atoms with E-state index < -0.39 is 0 Å². The van der Waals surface area contributed by atoms with Crippen LogP contribution in [0.1, 0.15) is 38.3 Å². The topological polar surface area (TPSA) is 21.3 Å². The predicted molar refractivity (Wildman–Crippen MR) is 74.9 cm³/mol. The lowest BCUT2D eigenvalue weighted by atomic mass is 10.0. The molecule has 0 aromatic heterocycles. The number of ether oxygens (including phenoxy) is 1. The normalized spacial score (nSPS) is 19.7. The highest BCUT2D eigenvalue weighted by atomic mass is 79.9. The molecule has 2 nitrogen and oxygen atoms in total. The summed E-state index contributed by atoms with van der Waals surface area (Å²) in [6.45, 7) is 5.05. The zero-order chi connectivity index (χ0) is 12.4. The van der Waals surface area contributed by atoms with Gasteiger partial charge in [-0.1, -0.05) is 41.4 Å². The third-order valence-electron chi connectivity index (χ3n) is 2.86. The van der Waals surface area contributed by atoms with Crippen LogP contribution in [0.15, 0.2) is 16.6 Å². The summed E-state index contributed by atoms with van der Waals surface area (Å²) in [7, 11) is 0. The molecule has 0 fully saturated rings. The number of halogens is 2. The first kappa shape index (κ1) is 13.2. The molecule has 0 saturated carbocycles. The molecule has 1 N–H and O–H groups in total. The minimum atomic E-state index is 0.306. The van der Waals surface area contributed by atoms with Crippen molar-refractivity contribution in [2.45, 2.75) is 38.8 Å². The van der Waals surface area contributed by atoms with Crippen LogP contribution in [0.5, 0.6) is 5.75 Å². The van der Waals surface area contributed by atoms with Gasteiger partial charge >= 0.3 is 0 Å². The van der Waals surface area contributed by atoms with Crippen LogP contribution in [0.2, 0.25) is 5.02 Å². The Hall–Kier alpha value is -0.250. The molecule has 0 amide bonds. The fourth-order valence-corrected chi connectivity index (χ4v) is 3.00. The number of nitrogens with one attached hydrogen (secondary N) is 1. The molecule has 0 radical (unpaired) electrons. The highest BCUT2D eigenvalue weighted by molar-refractivity contribution is 9.10. The first-order valence-electron chi connectivity index (χ1n) is 5.96. The van der Waals surface area contributed by atoms with Gasteiger partial charge in [-0.25, -0.2) is 0 Å². The summed E-state index contributed by atoms with van der Waals surface area (Å²) in [6.07, 6.45) is 2.12. The number of hydrogen-bond acceptors (Lipinski definition) is 2. The monoisotopic (exact) mass is 317 g/mol. The molecule has 2 rings (SSSR count). The van der Waals surface area contributed by atoms with Crippen molar-refractivity contribution < 1.29 is 4.74 Å². The second kappa shape index (κ2) is 5.59. The van der Waals surface area contributed by atoms with Gasteiger partial charge in [0, 0.05) is 22.1 Å². The van der Waals surface area contributed by atoms with Crippen molar-refractivity contribution in [1.82, 2.24) is 5.32 Å². The molecule has 1 atom stereocenters. The molecule has 1 aromatic carbocycles. The maximum Gasteiger partial charge on any atom is 0.143 e. The zero-order valence-corrected chi connectivity index (χ0v) is 12.4. The number of hydrogen-bond donors (Lipinski definition) is 1. The maximum atomic E-state index is 6.21. The summed E-state index contributed by atoms with van der Waals surface area (Å²) >= 11 is 9.82. The van der Waals surface area contributed by atoms with Gasteiger partial charge < -0.3 is 10.1 Å². The number of fused-ring (bicyclic) bond motifs is 1. The van der Waals surface area contributed by atoms with Crippen molar-refractivity contribution in [2.24, 2.45) is 0 Å². The lowest BCUT2D eigenvalue weighted by molar-refractivity contribution is 0.314. The molecule has 1 aliphatic rings. The van der Waals surface area contributed by atoms with E-state index in [1.807, 2.05) is 12.1 Å². The molecule has 0 bridgehead atoms. The van der Waals surface area contributed by atoms with Crippen molar-refractivity contribution in [1.29, 1.82) is 0 Å². The van der Waals surface area contributed by atoms with Crippen LogP contribution in [-0.2, 0) is 0 Å². The Bertz CT molecular complexity index is 409. The number of benzene rings is 1. The third kappa shape index (κ3) is 2.95. The van der Waals surface area contributed by atoms with Crippen molar-refractivity contribution in [3.05, 3.63) is 27.2 Å². The molecular weight excluding hydrogens is 302 g/mol. The second-order valence-electron chi connectivity index (χ2n) is 4.64. The SMILES string of the molecule is CC(C)NC1CCCOc2c(Cl)ccc(Br)c21. The Morgan fingerprint density at radius 1 is 1.47 bits per heavy atom. The van der Waals surface area contributed by atoms with Gasteiger partial charge in [-0.3, -0.25) is 0 Å². The highest BCUT2D eigenvalue weighted by Crippen LogP contribution is 2.41. The molecule has 1 unspecified atom stereocenters. The van der Waals surface area contributed by atoms with E-state index in [1.165, 1.54) is 0 Å². The van der Waals surface area contributed by atoms with E-state index >= 15 is 0 Å². The molecular formula is C13H17BrClNO. The van der Waals surface area contributed by atoms with Gasteiger partial charge in [-0.2, -0.15) is 0 Å². The lowest BCUT2D eigenvalue weighted by Crippen LogP contribution is -2.28. The minimum absolute atomic E-state index is 0.306. The highest BCUT2D eigenvalue weighted by Gasteiger charge is 2.24. The Balaban J connectivity index is 2.43. The maximum absolute atomic E-state index is 6.21. The van der Waals surface area contributed by atoms with Gasteiger partial charge in [-0.05, 0) is 25.0 Å². The van der Waals surface area contributed by atoms with E-state index in [9.17, 15) is 0 Å². The van der Waals surface area contributed by atoms with Crippen molar-refractivity contribution in [3.8, 4) is 5.75 Å². The Labute approximate surface area is 116 Å². The van der Waals surface area contributed by atoms with Gasteiger partial charge in [0.15, 0.2) is 0 Å². The summed E-state index contributed by atoms with van der Waals surface area (Å²) in [5.74, 6) is 0.830. The van der Waals surface area contributed by atoms with Crippen LogP contribution < -0.4 is 10.1 Å². The fraction of sp³-hybridized carbons (Fsp3) is 0.538. The largest absolute Gasteiger partial charge is 0.492 e. The first-order chi connectivity index (χ1) is 8.09. The van der Waals surface area contributed by atoms with Crippen LogP contribution in [0.3, 0.4) is 0 Å². The van der Waals surface area contributed by atoms with Gasteiger partial charge in [0.05, 0.1) is 11.6 Å². The van der Waals surface area contributed by atoms with Gasteiger partial charge in [-0.15, -0.1) is 0 Å². The summed E-state index contributed by atoms with van der Waals surface area (Å²) in [5, 5.41) is 4.27. The van der Waals surface area contributed by atoms with Crippen molar-refractivity contribution in [2.75, 3.05) is 6.61 Å². The molecule has 0 saturated heterocycles. The van der Waals surface area contributed by atoms with Crippen molar-refractivity contribution >= 4 is 27.5 Å². The van der Waals surface area contributed by atoms with E-state index in [0.717, 1.165) is 35.2 Å². The molecule has 94 valence electrons. The van der Waals surface area contributed by atoms with E-state index in [4.69, 9.17) is 16.3 Å². The van der Waals surface area contributed by atoms with Crippen LogP contribution in [0.25, 0.3) is 0 Å². The molecule has 1 heterocycles. The van der Waals surface area contributed by atoms with Crippen LogP contribution in [-0.4, -0.2) is 12.6 Å². The summed E-state index contributed by atoms with van der Waals surface area (Å²) in [4.78, 5) is 0. The molecule has 0 spiro atoms. The average Bonchev–Trinajstić information content (AvgIpc) is 2.46. The molecule has 1 aromatic rings. The Morgan fingerprint density at radius 3 is 2.94 bits per heavy atom. The van der Waals surface area contributed by atoms with Crippen LogP contribution in [0.4, 0.5) is 0 Å². The van der Waals surface area contributed by atoms with Gasteiger partial charge in [0.1, 0.15) is 5.75 Å². The van der Waals surface area contributed by atoms with Crippen LogP contribution >= 0.6 is 27.5 Å². The fourth-order valence-electron chi connectivity index (χ4n) is 2.20. The summed E-state index contributed by atoms with van der Waals surface area (Å²) in [5.41, 5.74) is 1.16. The van der Waals surface area contributed by atoms with E-state index in [0.29, 0.717) is 17.1 Å². The standard InChI is InChI=1S/C13H17BrClNO/c1-8(2)16-11-4-3-7-17-13-10(15)6-5-9(14)12(11)13/h5-6,8,11,16H,3-4,7H2,1-2H3. The van der Waals surface area contributed by atoms with Gasteiger partial charge in [0.25, 0.3) is 0 Å². The quantitative estimate of drug-likeness (QED) is 0.877. The Morgan fingerprint density at radius 2 is 2.24 bits per heavy atom. The third-order valence-corrected chi connectivity index (χ3v) is 3.85. The second-order valence-corrected chi connectivity index (χ2v) is 5.90. The van der Waals surface area contributed by atoms with Gasteiger partial charge in [0.2, 0.25) is 0 Å². The summed E-state index contributed by atoms with van der Waals surface area (Å²) < 4.78 is 6.84.